The zero-order chi connectivity index (χ0) is 13.3. The molecule has 0 atom stereocenters. The van der Waals surface area contributed by atoms with Crippen molar-refractivity contribution in [2.24, 2.45) is 0 Å². The van der Waals surface area contributed by atoms with Crippen LogP contribution in [0.3, 0.4) is 0 Å². The van der Waals surface area contributed by atoms with Crippen LogP contribution in [0, 0.1) is 0 Å². The summed E-state index contributed by atoms with van der Waals surface area (Å²) in [5.41, 5.74) is 3.59. The Morgan fingerprint density at radius 2 is 1.84 bits per heavy atom. The largest absolute Gasteiger partial charge is 0.313 e. The second-order valence-electron chi connectivity index (χ2n) is 4.52. The molecule has 0 bridgehead atoms. The quantitative estimate of drug-likeness (QED) is 0.613. The van der Waals surface area contributed by atoms with E-state index in [1.165, 1.54) is 16.7 Å². The Labute approximate surface area is 119 Å². The number of hydrogen-bond acceptors (Lipinski definition) is 2. The highest BCUT2D eigenvalue weighted by molar-refractivity contribution is 6.17. The zero-order valence-electron chi connectivity index (χ0n) is 11.0. The third kappa shape index (κ3) is 4.66. The first-order valence-corrected chi connectivity index (χ1v) is 7.19. The van der Waals surface area contributed by atoms with Gasteiger partial charge in [-0.25, -0.2) is 0 Å². The number of rotatable bonds is 7. The smallest absolute Gasteiger partial charge is 0.0346 e. The lowest BCUT2D eigenvalue weighted by atomic mass is 10.1. The van der Waals surface area contributed by atoms with Crippen LogP contribution in [0.5, 0.6) is 0 Å². The van der Waals surface area contributed by atoms with Gasteiger partial charge in [0, 0.05) is 30.4 Å². The van der Waals surface area contributed by atoms with E-state index in [0.29, 0.717) is 0 Å². The molecule has 2 rings (SSSR count). The zero-order valence-corrected chi connectivity index (χ0v) is 11.7. The lowest BCUT2D eigenvalue weighted by molar-refractivity contribution is 0.642. The fourth-order valence-corrected chi connectivity index (χ4v) is 2.14. The van der Waals surface area contributed by atoms with Crippen molar-refractivity contribution in [1.29, 1.82) is 0 Å². The molecule has 0 radical (unpaired) electrons. The predicted molar refractivity (Wildman–Crippen MR) is 81.3 cm³/mol. The number of unbranched alkanes of at least 4 members (excludes halogenated alkanes) is 1. The van der Waals surface area contributed by atoms with E-state index in [4.69, 9.17) is 11.6 Å². The maximum Gasteiger partial charge on any atom is 0.0346 e. The number of nitrogens with zero attached hydrogens (tertiary/aromatic N) is 1. The van der Waals surface area contributed by atoms with Gasteiger partial charge < -0.3 is 5.32 Å². The van der Waals surface area contributed by atoms with Crippen LogP contribution in [-0.4, -0.2) is 17.4 Å². The van der Waals surface area contributed by atoms with E-state index in [9.17, 15) is 0 Å². The SMILES string of the molecule is ClCCCCNCc1cncc(-c2ccccc2)c1. The van der Waals surface area contributed by atoms with Gasteiger partial charge in [-0.3, -0.25) is 4.98 Å². The molecule has 0 saturated carbocycles. The molecule has 1 aromatic heterocycles. The number of benzene rings is 1. The van der Waals surface area contributed by atoms with E-state index in [1.54, 1.807) is 0 Å². The monoisotopic (exact) mass is 274 g/mol. The second-order valence-corrected chi connectivity index (χ2v) is 4.90. The molecule has 0 saturated heterocycles. The Bertz CT molecular complexity index is 485. The molecule has 100 valence electrons. The minimum Gasteiger partial charge on any atom is -0.313 e. The van der Waals surface area contributed by atoms with Crippen LogP contribution < -0.4 is 5.32 Å². The van der Waals surface area contributed by atoms with Crippen molar-refractivity contribution in [2.75, 3.05) is 12.4 Å². The molecule has 2 aromatic rings. The third-order valence-corrected chi connectivity index (χ3v) is 3.24. The van der Waals surface area contributed by atoms with Crippen LogP contribution in [0.25, 0.3) is 11.1 Å². The molecule has 0 aliphatic carbocycles. The van der Waals surface area contributed by atoms with Crippen molar-refractivity contribution < 1.29 is 0 Å². The number of halogens is 1. The maximum absolute atomic E-state index is 5.65. The highest BCUT2D eigenvalue weighted by atomic mass is 35.5. The lowest BCUT2D eigenvalue weighted by Gasteiger charge is -2.06. The van der Waals surface area contributed by atoms with Crippen molar-refractivity contribution in [3.63, 3.8) is 0 Å². The highest BCUT2D eigenvalue weighted by Gasteiger charge is 1.99. The molecule has 0 unspecified atom stereocenters. The molecule has 3 heteroatoms. The molecular formula is C16H19ClN2. The van der Waals surface area contributed by atoms with E-state index in [2.05, 4.69) is 28.5 Å². The summed E-state index contributed by atoms with van der Waals surface area (Å²) in [4.78, 5) is 4.31. The van der Waals surface area contributed by atoms with Crippen LogP contribution in [0.4, 0.5) is 0 Å². The van der Waals surface area contributed by atoms with Gasteiger partial charge in [0.15, 0.2) is 0 Å². The lowest BCUT2D eigenvalue weighted by Crippen LogP contribution is -2.14. The molecule has 0 aliphatic heterocycles. The fourth-order valence-electron chi connectivity index (χ4n) is 1.95. The Morgan fingerprint density at radius 1 is 1.00 bits per heavy atom. The summed E-state index contributed by atoms with van der Waals surface area (Å²) in [7, 11) is 0. The minimum absolute atomic E-state index is 0.743. The van der Waals surface area contributed by atoms with Gasteiger partial charge in [-0.05, 0) is 36.6 Å². The van der Waals surface area contributed by atoms with Crippen molar-refractivity contribution in [3.05, 3.63) is 54.4 Å². The molecule has 0 fully saturated rings. The Morgan fingerprint density at radius 3 is 2.63 bits per heavy atom. The van der Waals surface area contributed by atoms with Crippen LogP contribution in [0.2, 0.25) is 0 Å². The van der Waals surface area contributed by atoms with Crippen LogP contribution in [0.1, 0.15) is 18.4 Å². The Kier molecular flexibility index (Phi) is 5.86. The van der Waals surface area contributed by atoms with Crippen LogP contribution in [-0.2, 0) is 6.54 Å². The van der Waals surface area contributed by atoms with Gasteiger partial charge in [0.1, 0.15) is 0 Å². The van der Waals surface area contributed by atoms with Crippen molar-refractivity contribution >= 4 is 11.6 Å². The van der Waals surface area contributed by atoms with Crippen molar-refractivity contribution in [1.82, 2.24) is 10.3 Å². The number of nitrogens with one attached hydrogen (secondary N) is 1. The average Bonchev–Trinajstić information content (AvgIpc) is 2.48. The molecule has 1 aromatic carbocycles. The topological polar surface area (TPSA) is 24.9 Å². The summed E-state index contributed by atoms with van der Waals surface area (Å²) in [6.45, 7) is 1.86. The summed E-state index contributed by atoms with van der Waals surface area (Å²) >= 11 is 5.65. The van der Waals surface area contributed by atoms with Gasteiger partial charge in [0.2, 0.25) is 0 Å². The van der Waals surface area contributed by atoms with E-state index in [0.717, 1.165) is 31.8 Å². The molecule has 2 nitrogen and oxygen atoms in total. The first-order valence-electron chi connectivity index (χ1n) is 6.66. The number of hydrogen-bond donors (Lipinski definition) is 1. The predicted octanol–water partition coefficient (Wildman–Crippen LogP) is 3.86. The van der Waals surface area contributed by atoms with Gasteiger partial charge in [-0.15, -0.1) is 11.6 Å². The normalized spacial score (nSPS) is 10.6. The van der Waals surface area contributed by atoms with Gasteiger partial charge in [-0.2, -0.15) is 0 Å². The molecule has 1 N–H and O–H groups in total. The Balaban J connectivity index is 1.92. The van der Waals surface area contributed by atoms with E-state index >= 15 is 0 Å². The van der Waals surface area contributed by atoms with E-state index in [1.807, 2.05) is 30.6 Å². The summed E-state index contributed by atoms with van der Waals surface area (Å²) in [6, 6.07) is 12.5. The van der Waals surface area contributed by atoms with Gasteiger partial charge in [-0.1, -0.05) is 30.3 Å². The molecule has 0 spiro atoms. The summed E-state index contributed by atoms with van der Waals surface area (Å²) in [5, 5.41) is 3.42. The average molecular weight is 275 g/mol. The van der Waals surface area contributed by atoms with Gasteiger partial charge in [0.05, 0.1) is 0 Å². The van der Waals surface area contributed by atoms with Crippen molar-refractivity contribution in [2.45, 2.75) is 19.4 Å². The first-order chi connectivity index (χ1) is 9.40. The summed E-state index contributed by atoms with van der Waals surface area (Å²) < 4.78 is 0. The summed E-state index contributed by atoms with van der Waals surface area (Å²) in [6.07, 6.45) is 6.01. The maximum atomic E-state index is 5.65. The number of pyridine rings is 1. The summed E-state index contributed by atoms with van der Waals surface area (Å²) in [5.74, 6) is 0.743. The highest BCUT2D eigenvalue weighted by Crippen LogP contribution is 2.18. The molecule has 0 aliphatic rings. The number of alkyl halides is 1. The van der Waals surface area contributed by atoms with Crippen molar-refractivity contribution in [3.8, 4) is 11.1 Å². The fraction of sp³-hybridized carbons (Fsp3) is 0.312. The van der Waals surface area contributed by atoms with Gasteiger partial charge in [0.25, 0.3) is 0 Å². The van der Waals surface area contributed by atoms with E-state index in [-0.39, 0.29) is 0 Å². The van der Waals surface area contributed by atoms with Gasteiger partial charge >= 0.3 is 0 Å². The Hall–Kier alpha value is -1.38. The van der Waals surface area contributed by atoms with Crippen LogP contribution in [0.15, 0.2) is 48.8 Å². The van der Waals surface area contributed by atoms with Crippen LogP contribution >= 0.6 is 11.6 Å². The third-order valence-electron chi connectivity index (χ3n) is 2.97. The minimum atomic E-state index is 0.743. The second kappa shape index (κ2) is 7.93. The molecule has 1 heterocycles. The molecule has 19 heavy (non-hydrogen) atoms. The molecular weight excluding hydrogens is 256 g/mol. The molecule has 0 amide bonds. The van der Waals surface area contributed by atoms with E-state index < -0.39 is 0 Å². The standard InChI is InChI=1S/C16H19ClN2/c17-8-4-5-9-18-11-14-10-16(13-19-12-14)15-6-2-1-3-7-15/h1-3,6-7,10,12-13,18H,4-5,8-9,11H2. The number of aromatic nitrogens is 1. The first kappa shape index (κ1) is 14.0.